The third-order valence-electron chi connectivity index (χ3n) is 3.31. The van der Waals surface area contributed by atoms with Crippen LogP contribution in [0, 0.1) is 0 Å². The van der Waals surface area contributed by atoms with Gasteiger partial charge in [0, 0.05) is 26.3 Å². The van der Waals surface area contributed by atoms with Crippen LogP contribution in [-0.2, 0) is 20.7 Å². The van der Waals surface area contributed by atoms with Crippen molar-refractivity contribution in [2.24, 2.45) is 0 Å². The van der Waals surface area contributed by atoms with Crippen molar-refractivity contribution in [3.8, 4) is 0 Å². The number of anilines is 1. The van der Waals surface area contributed by atoms with Gasteiger partial charge >= 0.3 is 0 Å². The van der Waals surface area contributed by atoms with Crippen LogP contribution < -0.4 is 10.6 Å². The van der Waals surface area contributed by atoms with Gasteiger partial charge in [0.2, 0.25) is 11.8 Å². The number of carbonyl (C=O) groups is 2. The predicted octanol–water partition coefficient (Wildman–Crippen LogP) is 0.666. The fourth-order valence-corrected chi connectivity index (χ4v) is 2.00. The minimum atomic E-state index is -0.311. The highest BCUT2D eigenvalue weighted by molar-refractivity contribution is 5.95. The molecule has 2 N–H and O–H groups in total. The van der Waals surface area contributed by atoms with Crippen molar-refractivity contribution in [3.05, 3.63) is 29.8 Å². The molecule has 1 saturated heterocycles. The fourth-order valence-electron chi connectivity index (χ4n) is 2.00. The van der Waals surface area contributed by atoms with Gasteiger partial charge in [-0.2, -0.15) is 0 Å². The van der Waals surface area contributed by atoms with E-state index in [1.807, 2.05) is 12.1 Å². The molecule has 1 aliphatic rings. The van der Waals surface area contributed by atoms with Crippen molar-refractivity contribution in [2.45, 2.75) is 12.5 Å². The number of benzene rings is 1. The van der Waals surface area contributed by atoms with Crippen LogP contribution in [0.25, 0.3) is 0 Å². The number of carbonyl (C=O) groups excluding carboxylic acids is 2. The predicted molar refractivity (Wildman–Crippen MR) is 87.3 cm³/mol. The van der Waals surface area contributed by atoms with Crippen molar-refractivity contribution in [2.75, 3.05) is 39.2 Å². The summed E-state index contributed by atoms with van der Waals surface area (Å²) in [6.45, 7) is 1.71. The van der Waals surface area contributed by atoms with Gasteiger partial charge in [-0.15, -0.1) is 12.4 Å². The van der Waals surface area contributed by atoms with Gasteiger partial charge in [0.1, 0.15) is 6.04 Å². The van der Waals surface area contributed by atoms with E-state index in [2.05, 4.69) is 10.6 Å². The van der Waals surface area contributed by atoms with E-state index in [1.54, 1.807) is 31.1 Å². The summed E-state index contributed by atoms with van der Waals surface area (Å²) in [5.74, 6) is -0.0536. The number of amides is 2. The topological polar surface area (TPSA) is 70.7 Å². The molecule has 0 radical (unpaired) electrons. The second-order valence-electron chi connectivity index (χ2n) is 5.23. The molecule has 0 spiro atoms. The first kappa shape index (κ1) is 18.4. The largest absolute Gasteiger partial charge is 0.378 e. The molecule has 122 valence electrons. The monoisotopic (exact) mass is 327 g/mol. The van der Waals surface area contributed by atoms with Crippen LogP contribution in [0.15, 0.2) is 24.3 Å². The van der Waals surface area contributed by atoms with E-state index < -0.39 is 0 Å². The lowest BCUT2D eigenvalue weighted by Gasteiger charge is -2.22. The van der Waals surface area contributed by atoms with Crippen LogP contribution in [0.4, 0.5) is 5.69 Å². The maximum Gasteiger partial charge on any atom is 0.243 e. The third kappa shape index (κ3) is 5.29. The van der Waals surface area contributed by atoms with Crippen LogP contribution in [0.1, 0.15) is 5.56 Å². The van der Waals surface area contributed by atoms with Gasteiger partial charge in [-0.25, -0.2) is 0 Å². The molecule has 0 aliphatic carbocycles. The van der Waals surface area contributed by atoms with Crippen molar-refractivity contribution in [1.82, 2.24) is 10.2 Å². The Labute approximate surface area is 136 Å². The highest BCUT2D eigenvalue weighted by Gasteiger charge is 2.21. The standard InChI is InChI=1S/C15H21N3O3.ClH/c1-18(2)14(19)9-11-3-5-12(6-4-11)17-15(20)13-10-21-8-7-16-13;/h3-6,13,16H,7-10H2,1-2H3,(H,17,20);1H. The van der Waals surface area contributed by atoms with Crippen LogP contribution in [-0.4, -0.2) is 56.6 Å². The molecule has 1 aliphatic heterocycles. The molecule has 1 fully saturated rings. The lowest BCUT2D eigenvalue weighted by atomic mass is 10.1. The summed E-state index contributed by atoms with van der Waals surface area (Å²) >= 11 is 0. The second kappa shape index (κ2) is 8.73. The molecular formula is C15H22ClN3O3. The minimum absolute atomic E-state index is 0. The quantitative estimate of drug-likeness (QED) is 0.852. The zero-order chi connectivity index (χ0) is 15.2. The highest BCUT2D eigenvalue weighted by atomic mass is 35.5. The number of halogens is 1. The van der Waals surface area contributed by atoms with Crippen LogP contribution >= 0.6 is 12.4 Å². The number of likely N-dealkylation sites (N-methyl/N-ethyl adjacent to an activating group) is 1. The lowest BCUT2D eigenvalue weighted by molar-refractivity contribution is -0.128. The minimum Gasteiger partial charge on any atom is -0.378 e. The zero-order valence-corrected chi connectivity index (χ0v) is 13.6. The van der Waals surface area contributed by atoms with Gasteiger partial charge in [-0.05, 0) is 17.7 Å². The van der Waals surface area contributed by atoms with Gasteiger partial charge in [-0.1, -0.05) is 12.1 Å². The van der Waals surface area contributed by atoms with E-state index in [0.29, 0.717) is 31.9 Å². The van der Waals surface area contributed by atoms with Crippen molar-refractivity contribution in [3.63, 3.8) is 0 Å². The Balaban J connectivity index is 0.00000242. The van der Waals surface area contributed by atoms with Gasteiger partial charge in [-0.3, -0.25) is 9.59 Å². The second-order valence-corrected chi connectivity index (χ2v) is 5.23. The smallest absolute Gasteiger partial charge is 0.243 e. The molecule has 0 aromatic heterocycles. The molecule has 1 aromatic rings. The Hall–Kier alpha value is -1.63. The molecule has 1 atom stereocenters. The summed E-state index contributed by atoms with van der Waals surface area (Å²) in [4.78, 5) is 25.2. The van der Waals surface area contributed by atoms with Gasteiger partial charge in [0.05, 0.1) is 19.6 Å². The molecule has 1 heterocycles. The number of hydrogen-bond donors (Lipinski definition) is 2. The molecule has 7 heteroatoms. The van der Waals surface area contributed by atoms with Gasteiger partial charge < -0.3 is 20.3 Å². The summed E-state index contributed by atoms with van der Waals surface area (Å²) in [7, 11) is 3.46. The third-order valence-corrected chi connectivity index (χ3v) is 3.31. The zero-order valence-electron chi connectivity index (χ0n) is 12.8. The maximum atomic E-state index is 12.0. The summed E-state index contributed by atoms with van der Waals surface area (Å²) < 4.78 is 5.26. The van der Waals surface area contributed by atoms with E-state index in [0.717, 1.165) is 5.56 Å². The van der Waals surface area contributed by atoms with Gasteiger partial charge in [0.25, 0.3) is 0 Å². The molecule has 6 nitrogen and oxygen atoms in total. The number of hydrogen-bond acceptors (Lipinski definition) is 4. The average molecular weight is 328 g/mol. The molecule has 1 unspecified atom stereocenters. The summed E-state index contributed by atoms with van der Waals surface area (Å²) in [5, 5.41) is 5.94. The van der Waals surface area contributed by atoms with Crippen molar-refractivity contribution in [1.29, 1.82) is 0 Å². The molecule has 0 bridgehead atoms. The average Bonchev–Trinajstić information content (AvgIpc) is 2.50. The lowest BCUT2D eigenvalue weighted by Crippen LogP contribution is -2.48. The van der Waals surface area contributed by atoms with Gasteiger partial charge in [0.15, 0.2) is 0 Å². The molecule has 2 rings (SSSR count). The number of rotatable bonds is 4. The number of nitrogens with one attached hydrogen (secondary N) is 2. The molecule has 0 saturated carbocycles. The van der Waals surface area contributed by atoms with E-state index in [4.69, 9.17) is 4.74 Å². The van der Waals surface area contributed by atoms with Crippen LogP contribution in [0.2, 0.25) is 0 Å². The molecular weight excluding hydrogens is 306 g/mol. The number of ether oxygens (including phenoxy) is 1. The highest BCUT2D eigenvalue weighted by Crippen LogP contribution is 2.11. The van der Waals surface area contributed by atoms with E-state index in [-0.39, 0.29) is 30.3 Å². The number of morpholine rings is 1. The Kier molecular flexibility index (Phi) is 7.31. The maximum absolute atomic E-state index is 12.0. The Morgan fingerprint density at radius 3 is 2.55 bits per heavy atom. The number of nitrogens with zero attached hydrogens (tertiary/aromatic N) is 1. The Morgan fingerprint density at radius 2 is 2.00 bits per heavy atom. The first-order chi connectivity index (χ1) is 10.1. The first-order valence-corrected chi connectivity index (χ1v) is 6.97. The van der Waals surface area contributed by atoms with Crippen molar-refractivity contribution < 1.29 is 14.3 Å². The molecule has 1 aromatic carbocycles. The fraction of sp³-hybridized carbons (Fsp3) is 0.467. The van der Waals surface area contributed by atoms with E-state index >= 15 is 0 Å². The molecule has 2 amide bonds. The summed E-state index contributed by atoms with van der Waals surface area (Å²) in [6, 6.07) is 7.00. The summed E-state index contributed by atoms with van der Waals surface area (Å²) in [6.07, 6.45) is 0.360. The van der Waals surface area contributed by atoms with E-state index in [9.17, 15) is 9.59 Å². The van der Waals surface area contributed by atoms with E-state index in [1.165, 1.54) is 0 Å². The Morgan fingerprint density at radius 1 is 1.32 bits per heavy atom. The summed E-state index contributed by atoms with van der Waals surface area (Å²) in [5.41, 5.74) is 1.64. The van der Waals surface area contributed by atoms with Crippen molar-refractivity contribution >= 4 is 29.9 Å². The first-order valence-electron chi connectivity index (χ1n) is 6.97. The van der Waals surface area contributed by atoms with Crippen LogP contribution in [0.3, 0.4) is 0 Å². The molecule has 22 heavy (non-hydrogen) atoms. The normalized spacial score (nSPS) is 17.3. The Bertz CT molecular complexity index is 499. The van der Waals surface area contributed by atoms with Crippen LogP contribution in [0.5, 0.6) is 0 Å². The SMILES string of the molecule is CN(C)C(=O)Cc1ccc(NC(=O)C2COCCN2)cc1.Cl.